The highest BCUT2D eigenvalue weighted by Crippen LogP contribution is 2.32. The van der Waals surface area contributed by atoms with E-state index in [1.54, 1.807) is 24.3 Å². The molecule has 0 amide bonds. The largest absolute Gasteiger partial charge is 0.454 e. The lowest BCUT2D eigenvalue weighted by Gasteiger charge is -2.26. The van der Waals surface area contributed by atoms with Gasteiger partial charge in [0.1, 0.15) is 0 Å². The summed E-state index contributed by atoms with van der Waals surface area (Å²) < 4.78 is 43.0. The van der Waals surface area contributed by atoms with Gasteiger partial charge in [-0.15, -0.1) is 0 Å². The molecule has 8 nitrogen and oxygen atoms in total. The van der Waals surface area contributed by atoms with Gasteiger partial charge >= 0.3 is 5.97 Å². The van der Waals surface area contributed by atoms with E-state index in [1.165, 1.54) is 22.5 Å². The van der Waals surface area contributed by atoms with E-state index < -0.39 is 28.4 Å². The van der Waals surface area contributed by atoms with Crippen molar-refractivity contribution in [3.05, 3.63) is 53.6 Å². The molecule has 0 aliphatic carbocycles. The lowest BCUT2D eigenvalue weighted by molar-refractivity contribution is 0.0470. The predicted octanol–water partition coefficient (Wildman–Crippen LogP) is 2.63. The maximum absolute atomic E-state index is 13.0. The molecule has 2 heterocycles. The Kier molecular flexibility index (Phi) is 5.74. The molecule has 2 aliphatic heterocycles. The monoisotopic (exact) mass is 431 g/mol. The third kappa shape index (κ3) is 4.03. The number of hydrogen-bond donors (Lipinski definition) is 0. The van der Waals surface area contributed by atoms with E-state index in [0.717, 1.165) is 19.3 Å². The number of fused-ring (bicyclic) bond motifs is 1. The maximum atomic E-state index is 13.0. The second-order valence-electron chi connectivity index (χ2n) is 7.03. The minimum absolute atomic E-state index is 0.0819. The molecule has 158 valence electrons. The van der Waals surface area contributed by atoms with Crippen LogP contribution in [0.1, 0.15) is 40.0 Å². The number of piperidine rings is 1. The number of Topliss-reactive ketones (excluding diaryl/α,β-unsaturated/α-hetero) is 1. The summed E-state index contributed by atoms with van der Waals surface area (Å²) in [5, 5.41) is 0. The van der Waals surface area contributed by atoms with Crippen LogP contribution in [0.4, 0.5) is 0 Å². The first-order chi connectivity index (χ1) is 14.5. The topological polar surface area (TPSA) is 99.2 Å². The molecule has 0 spiro atoms. The van der Waals surface area contributed by atoms with E-state index in [2.05, 4.69) is 0 Å². The highest BCUT2D eigenvalue weighted by molar-refractivity contribution is 7.89. The molecule has 9 heteroatoms. The van der Waals surface area contributed by atoms with Crippen LogP contribution in [-0.2, 0) is 14.8 Å². The Bertz CT molecular complexity index is 1070. The maximum Gasteiger partial charge on any atom is 0.339 e. The van der Waals surface area contributed by atoms with Crippen molar-refractivity contribution in [3.63, 3.8) is 0 Å². The Balaban J connectivity index is 1.48. The number of carbonyl (C=O) groups is 2. The first-order valence-corrected chi connectivity index (χ1v) is 11.1. The molecule has 0 N–H and O–H groups in total. The summed E-state index contributed by atoms with van der Waals surface area (Å²) in [5.74, 6) is -0.302. The van der Waals surface area contributed by atoms with E-state index in [9.17, 15) is 18.0 Å². The fraction of sp³-hybridized carbons (Fsp3) is 0.333. The van der Waals surface area contributed by atoms with Gasteiger partial charge < -0.3 is 14.2 Å². The molecule has 0 aromatic heterocycles. The number of nitrogens with zero attached hydrogens (tertiary/aromatic N) is 1. The van der Waals surface area contributed by atoms with Gasteiger partial charge in [-0.1, -0.05) is 18.6 Å². The fourth-order valence-electron chi connectivity index (χ4n) is 3.47. The van der Waals surface area contributed by atoms with E-state index in [4.69, 9.17) is 14.2 Å². The van der Waals surface area contributed by atoms with Crippen molar-refractivity contribution < 1.29 is 32.2 Å². The number of hydrogen-bond acceptors (Lipinski definition) is 7. The van der Waals surface area contributed by atoms with Crippen LogP contribution in [-0.4, -0.2) is 51.0 Å². The summed E-state index contributed by atoms with van der Waals surface area (Å²) in [5.41, 5.74) is 0.225. The smallest absolute Gasteiger partial charge is 0.339 e. The lowest BCUT2D eigenvalue weighted by atomic mass is 10.1. The van der Waals surface area contributed by atoms with Crippen molar-refractivity contribution in [3.8, 4) is 11.5 Å². The number of ketones is 1. The standard InChI is InChI=1S/C21H21NO7S/c23-17(15-8-9-18-19(12-15)29-14-28-18)13-27-21(24)16-6-2-3-7-20(16)30(25,26)22-10-4-1-5-11-22/h2-3,6-9,12H,1,4-5,10-11,13-14H2. The summed E-state index contributed by atoms with van der Waals surface area (Å²) in [6, 6.07) is 10.6. The van der Waals surface area contributed by atoms with E-state index in [-0.39, 0.29) is 17.3 Å². The first kappa shape index (κ1) is 20.4. The van der Waals surface area contributed by atoms with Gasteiger partial charge in [0, 0.05) is 18.7 Å². The number of sulfonamides is 1. The van der Waals surface area contributed by atoms with Crippen molar-refractivity contribution in [2.45, 2.75) is 24.2 Å². The zero-order valence-corrected chi connectivity index (χ0v) is 17.0. The molecule has 0 bridgehead atoms. The van der Waals surface area contributed by atoms with Crippen LogP contribution in [0, 0.1) is 0 Å². The van der Waals surface area contributed by atoms with Crippen LogP contribution in [0.15, 0.2) is 47.4 Å². The van der Waals surface area contributed by atoms with E-state index >= 15 is 0 Å². The van der Waals surface area contributed by atoms with Crippen LogP contribution in [0.25, 0.3) is 0 Å². The quantitative estimate of drug-likeness (QED) is 0.512. The molecule has 1 fully saturated rings. The normalized spacial score (nSPS) is 16.3. The predicted molar refractivity (Wildman–Crippen MR) is 106 cm³/mol. The molecule has 4 rings (SSSR count). The molecular formula is C21H21NO7S. The Morgan fingerprint density at radius 1 is 0.967 bits per heavy atom. The molecule has 2 aliphatic rings. The summed E-state index contributed by atoms with van der Waals surface area (Å²) in [7, 11) is -3.82. The van der Waals surface area contributed by atoms with Crippen molar-refractivity contribution in [2.24, 2.45) is 0 Å². The number of esters is 1. The fourth-order valence-corrected chi connectivity index (χ4v) is 5.16. The molecule has 30 heavy (non-hydrogen) atoms. The highest BCUT2D eigenvalue weighted by atomic mass is 32.2. The zero-order chi connectivity index (χ0) is 21.1. The van der Waals surface area contributed by atoms with Gasteiger partial charge in [-0.05, 0) is 43.2 Å². The van der Waals surface area contributed by atoms with Crippen LogP contribution in [0.2, 0.25) is 0 Å². The summed E-state index contributed by atoms with van der Waals surface area (Å²) in [4.78, 5) is 24.9. The number of benzene rings is 2. The Hall–Kier alpha value is -2.91. The van der Waals surface area contributed by atoms with E-state index in [1.807, 2.05) is 0 Å². The van der Waals surface area contributed by atoms with Crippen molar-refractivity contribution in [2.75, 3.05) is 26.5 Å². The third-order valence-corrected chi connectivity index (χ3v) is 7.03. The summed E-state index contributed by atoms with van der Waals surface area (Å²) in [6.07, 6.45) is 2.56. The van der Waals surface area contributed by atoms with Crippen LogP contribution < -0.4 is 9.47 Å². The van der Waals surface area contributed by atoms with Gasteiger partial charge in [-0.3, -0.25) is 4.79 Å². The Morgan fingerprint density at radius 3 is 2.50 bits per heavy atom. The highest BCUT2D eigenvalue weighted by Gasteiger charge is 2.30. The molecule has 0 atom stereocenters. The van der Waals surface area contributed by atoms with Gasteiger partial charge in [0.2, 0.25) is 16.8 Å². The summed E-state index contributed by atoms with van der Waals surface area (Å²) >= 11 is 0. The van der Waals surface area contributed by atoms with Gasteiger partial charge in [0.15, 0.2) is 23.9 Å². The average molecular weight is 431 g/mol. The van der Waals surface area contributed by atoms with Crippen molar-refractivity contribution >= 4 is 21.8 Å². The first-order valence-electron chi connectivity index (χ1n) is 9.66. The molecule has 0 radical (unpaired) electrons. The second kappa shape index (κ2) is 8.45. The summed E-state index contributed by atoms with van der Waals surface area (Å²) in [6.45, 7) is 0.420. The van der Waals surface area contributed by atoms with Crippen LogP contribution in [0.5, 0.6) is 11.5 Å². The van der Waals surface area contributed by atoms with Crippen molar-refractivity contribution in [1.29, 1.82) is 0 Å². The Labute approximate surface area is 174 Å². The molecule has 0 unspecified atom stereocenters. The molecule has 2 aromatic carbocycles. The van der Waals surface area contributed by atoms with Crippen molar-refractivity contribution in [1.82, 2.24) is 4.31 Å². The minimum Gasteiger partial charge on any atom is -0.454 e. The van der Waals surface area contributed by atoms with Gasteiger partial charge in [0.05, 0.1) is 10.5 Å². The van der Waals surface area contributed by atoms with Crippen LogP contribution in [0.3, 0.4) is 0 Å². The average Bonchev–Trinajstić information content (AvgIpc) is 3.25. The Morgan fingerprint density at radius 2 is 1.70 bits per heavy atom. The molecule has 1 saturated heterocycles. The van der Waals surface area contributed by atoms with Gasteiger partial charge in [-0.25, -0.2) is 13.2 Å². The van der Waals surface area contributed by atoms with E-state index in [0.29, 0.717) is 30.2 Å². The van der Waals surface area contributed by atoms with Gasteiger partial charge in [0.25, 0.3) is 0 Å². The molecular weight excluding hydrogens is 410 g/mol. The third-order valence-electron chi connectivity index (χ3n) is 5.07. The minimum atomic E-state index is -3.82. The second-order valence-corrected chi connectivity index (χ2v) is 8.93. The number of carbonyl (C=O) groups excluding carboxylic acids is 2. The molecule has 2 aromatic rings. The molecule has 0 saturated carbocycles. The van der Waals surface area contributed by atoms with Crippen LogP contribution >= 0.6 is 0 Å². The zero-order valence-electron chi connectivity index (χ0n) is 16.2. The number of rotatable bonds is 6. The number of ether oxygens (including phenoxy) is 3. The SMILES string of the molecule is O=C(COC(=O)c1ccccc1S(=O)(=O)N1CCCCC1)c1ccc2c(c1)OCO2. The lowest BCUT2D eigenvalue weighted by Crippen LogP contribution is -2.36. The van der Waals surface area contributed by atoms with Gasteiger partial charge in [-0.2, -0.15) is 4.31 Å².